The highest BCUT2D eigenvalue weighted by Crippen LogP contribution is 2.35. The zero-order valence-electron chi connectivity index (χ0n) is 15.9. The maximum Gasteiger partial charge on any atom is 0.349 e. The van der Waals surface area contributed by atoms with Gasteiger partial charge in [-0.1, -0.05) is 19.9 Å². The number of fused-ring (bicyclic) bond motifs is 1. The van der Waals surface area contributed by atoms with Gasteiger partial charge >= 0.3 is 5.97 Å². The van der Waals surface area contributed by atoms with Crippen LogP contribution in [-0.4, -0.2) is 34.7 Å². The third-order valence-corrected chi connectivity index (χ3v) is 6.88. The van der Waals surface area contributed by atoms with Crippen molar-refractivity contribution in [2.24, 2.45) is 5.92 Å². The van der Waals surface area contributed by atoms with E-state index in [0.29, 0.717) is 24.7 Å². The largest absolute Gasteiger partial charge is 0.490 e. The van der Waals surface area contributed by atoms with Gasteiger partial charge in [0.2, 0.25) is 10.0 Å². The van der Waals surface area contributed by atoms with Gasteiger partial charge in [-0.15, -0.1) is 11.3 Å². The van der Waals surface area contributed by atoms with Gasteiger partial charge in [-0.3, -0.25) is 0 Å². The number of benzene rings is 1. The van der Waals surface area contributed by atoms with Crippen LogP contribution in [0.2, 0.25) is 0 Å². The Balaban J connectivity index is 1.93. The van der Waals surface area contributed by atoms with E-state index in [1.54, 1.807) is 11.4 Å². The molecule has 28 heavy (non-hydrogen) atoms. The zero-order valence-corrected chi connectivity index (χ0v) is 17.6. The molecule has 0 fully saturated rings. The number of nitrogens with one attached hydrogen (secondary N) is 1. The summed E-state index contributed by atoms with van der Waals surface area (Å²) < 4.78 is 44.8. The standard InChI is InChI=1S/C19H23NO6S2/c1-12(2)17(13-5-6-14-15(11-13)26-9-4-8-25-14)20-28(22,23)16-7-10-27-18(16)19(21)24-3/h5-7,10-12,17,20H,4,8-9H2,1-3H3/t17-/m1/s1. The summed E-state index contributed by atoms with van der Waals surface area (Å²) in [5.41, 5.74) is 0.762. The van der Waals surface area contributed by atoms with Crippen LogP contribution in [0.1, 0.15) is 41.5 Å². The van der Waals surface area contributed by atoms with Crippen LogP contribution in [0.4, 0.5) is 0 Å². The topological polar surface area (TPSA) is 90.9 Å². The number of thiophene rings is 1. The van der Waals surface area contributed by atoms with Crippen LogP contribution in [0, 0.1) is 5.92 Å². The Labute approximate surface area is 168 Å². The molecule has 2 heterocycles. The summed E-state index contributed by atoms with van der Waals surface area (Å²) in [5.74, 6) is 0.537. The summed E-state index contributed by atoms with van der Waals surface area (Å²) >= 11 is 1.03. The van der Waals surface area contributed by atoms with Crippen LogP contribution in [0.25, 0.3) is 0 Å². The SMILES string of the molecule is COC(=O)c1sccc1S(=O)(=O)N[C@@H](c1ccc2c(c1)OCCCO2)C(C)C. The molecule has 0 bridgehead atoms. The number of sulfonamides is 1. The van der Waals surface area contributed by atoms with Crippen LogP contribution in [0.5, 0.6) is 11.5 Å². The number of carbonyl (C=O) groups is 1. The second-order valence-corrected chi connectivity index (χ2v) is 9.30. The van der Waals surface area contributed by atoms with Crippen molar-refractivity contribution in [1.82, 2.24) is 4.72 Å². The average Bonchev–Trinajstić information content (AvgIpc) is 3.05. The molecule has 9 heteroatoms. The lowest BCUT2D eigenvalue weighted by Gasteiger charge is -2.23. The number of rotatable bonds is 6. The first-order chi connectivity index (χ1) is 13.3. The lowest BCUT2D eigenvalue weighted by atomic mass is 9.97. The summed E-state index contributed by atoms with van der Waals surface area (Å²) in [6.45, 7) is 4.98. The minimum atomic E-state index is -3.94. The van der Waals surface area contributed by atoms with E-state index < -0.39 is 22.0 Å². The van der Waals surface area contributed by atoms with Gasteiger partial charge in [0.05, 0.1) is 20.3 Å². The highest BCUT2D eigenvalue weighted by molar-refractivity contribution is 7.89. The highest BCUT2D eigenvalue weighted by Gasteiger charge is 2.29. The number of methoxy groups -OCH3 is 1. The van der Waals surface area contributed by atoms with Crippen LogP contribution in [0.3, 0.4) is 0 Å². The van der Waals surface area contributed by atoms with Gasteiger partial charge in [0.15, 0.2) is 11.5 Å². The van der Waals surface area contributed by atoms with E-state index in [1.165, 1.54) is 13.2 Å². The van der Waals surface area contributed by atoms with E-state index >= 15 is 0 Å². The number of hydrogen-bond donors (Lipinski definition) is 1. The normalized spacial score (nSPS) is 15.1. The fraction of sp³-hybridized carbons (Fsp3) is 0.421. The summed E-state index contributed by atoms with van der Waals surface area (Å²) in [5, 5.41) is 1.55. The molecule has 3 rings (SSSR count). The second kappa shape index (κ2) is 8.50. The molecular weight excluding hydrogens is 402 g/mol. The Kier molecular flexibility index (Phi) is 6.26. The molecular formula is C19H23NO6S2. The molecule has 0 radical (unpaired) electrons. The van der Waals surface area contributed by atoms with Crippen molar-refractivity contribution in [3.63, 3.8) is 0 Å². The molecule has 1 aliphatic rings. The van der Waals surface area contributed by atoms with Gasteiger partial charge in [0.1, 0.15) is 9.77 Å². The molecule has 0 saturated carbocycles. The number of hydrogen-bond acceptors (Lipinski definition) is 7. The molecule has 1 N–H and O–H groups in total. The zero-order chi connectivity index (χ0) is 20.3. The molecule has 1 atom stereocenters. The molecule has 152 valence electrons. The van der Waals surface area contributed by atoms with Gasteiger partial charge in [-0.05, 0) is 35.1 Å². The highest BCUT2D eigenvalue weighted by atomic mass is 32.2. The van der Waals surface area contributed by atoms with Gasteiger partial charge in [-0.2, -0.15) is 0 Å². The first kappa shape index (κ1) is 20.6. The third kappa shape index (κ3) is 4.31. The van der Waals surface area contributed by atoms with Gasteiger partial charge < -0.3 is 14.2 Å². The van der Waals surface area contributed by atoms with Crippen molar-refractivity contribution >= 4 is 27.3 Å². The minimum absolute atomic E-state index is 0.0419. The molecule has 0 saturated heterocycles. The fourth-order valence-corrected chi connectivity index (χ4v) is 5.65. The van der Waals surface area contributed by atoms with Crippen molar-refractivity contribution < 1.29 is 27.4 Å². The van der Waals surface area contributed by atoms with Crippen LogP contribution < -0.4 is 14.2 Å². The minimum Gasteiger partial charge on any atom is -0.490 e. The number of esters is 1. The Morgan fingerprint density at radius 3 is 2.57 bits per heavy atom. The Bertz CT molecular complexity index is 951. The van der Waals surface area contributed by atoms with Gasteiger partial charge in [-0.25, -0.2) is 17.9 Å². The second-order valence-electron chi connectivity index (χ2n) is 6.71. The smallest absolute Gasteiger partial charge is 0.349 e. The van der Waals surface area contributed by atoms with E-state index in [1.807, 2.05) is 26.0 Å². The number of ether oxygens (including phenoxy) is 3. The Morgan fingerprint density at radius 2 is 1.89 bits per heavy atom. The molecule has 2 aromatic rings. The van der Waals surface area contributed by atoms with E-state index in [9.17, 15) is 13.2 Å². The quantitative estimate of drug-likeness (QED) is 0.714. The van der Waals surface area contributed by atoms with E-state index in [-0.39, 0.29) is 15.7 Å². The maximum atomic E-state index is 13.0. The summed E-state index contributed by atoms with van der Waals surface area (Å²) in [6.07, 6.45) is 0.790. The van der Waals surface area contributed by atoms with Crippen LogP contribution >= 0.6 is 11.3 Å². The van der Waals surface area contributed by atoms with Crippen LogP contribution in [-0.2, 0) is 14.8 Å². The molecule has 1 aromatic carbocycles. The molecule has 0 aliphatic carbocycles. The van der Waals surface area contributed by atoms with E-state index in [2.05, 4.69) is 4.72 Å². The lowest BCUT2D eigenvalue weighted by Crippen LogP contribution is -2.32. The summed E-state index contributed by atoms with van der Waals surface area (Å²) in [7, 11) is -2.71. The lowest BCUT2D eigenvalue weighted by molar-refractivity contribution is 0.0602. The molecule has 1 aromatic heterocycles. The van der Waals surface area contributed by atoms with Crippen molar-refractivity contribution in [3.05, 3.63) is 40.1 Å². The predicted octanol–water partition coefficient (Wildman–Crippen LogP) is 3.37. The van der Waals surface area contributed by atoms with Crippen molar-refractivity contribution in [2.75, 3.05) is 20.3 Å². The molecule has 1 aliphatic heterocycles. The predicted molar refractivity (Wildman–Crippen MR) is 106 cm³/mol. The fourth-order valence-electron chi connectivity index (χ4n) is 2.94. The monoisotopic (exact) mass is 425 g/mol. The van der Waals surface area contributed by atoms with Gasteiger partial charge in [0.25, 0.3) is 0 Å². The maximum absolute atomic E-state index is 13.0. The molecule has 0 spiro atoms. The van der Waals surface area contributed by atoms with Gasteiger partial charge in [0, 0.05) is 12.5 Å². The van der Waals surface area contributed by atoms with E-state index in [0.717, 1.165) is 23.3 Å². The average molecular weight is 426 g/mol. The first-order valence-corrected chi connectivity index (χ1v) is 11.3. The van der Waals surface area contributed by atoms with Crippen molar-refractivity contribution in [3.8, 4) is 11.5 Å². The molecule has 0 amide bonds. The Morgan fingerprint density at radius 1 is 1.18 bits per heavy atom. The molecule has 0 unspecified atom stereocenters. The summed E-state index contributed by atoms with van der Waals surface area (Å²) in [6, 6.07) is 6.33. The van der Waals surface area contributed by atoms with Crippen molar-refractivity contribution in [1.29, 1.82) is 0 Å². The summed E-state index contributed by atoms with van der Waals surface area (Å²) in [4.78, 5) is 11.9. The van der Waals surface area contributed by atoms with Crippen LogP contribution in [0.15, 0.2) is 34.5 Å². The molecule has 7 nitrogen and oxygen atoms in total. The Hall–Kier alpha value is -2.10. The first-order valence-electron chi connectivity index (χ1n) is 8.91. The number of carbonyl (C=O) groups excluding carboxylic acids is 1. The van der Waals surface area contributed by atoms with E-state index in [4.69, 9.17) is 14.2 Å². The van der Waals surface area contributed by atoms with Crippen molar-refractivity contribution in [2.45, 2.75) is 31.2 Å². The third-order valence-electron chi connectivity index (χ3n) is 4.37.